The lowest BCUT2D eigenvalue weighted by Crippen LogP contribution is -2.30. The second-order valence-corrected chi connectivity index (χ2v) is 5.64. The fraction of sp³-hybridized carbons (Fsp3) is 0.333. The minimum atomic E-state index is -0.646. The van der Waals surface area contributed by atoms with Crippen LogP contribution >= 0.6 is 0 Å². The highest BCUT2D eigenvalue weighted by Crippen LogP contribution is 2.29. The SMILES string of the molecule is Fc1cc(-c2ccccc2)cc(F)c1OCC1CCNCC1. The molecule has 1 heterocycles. The average Bonchev–Trinajstić information content (AvgIpc) is 2.56. The molecule has 0 aliphatic carbocycles. The van der Waals surface area contributed by atoms with E-state index < -0.39 is 11.6 Å². The molecule has 0 spiro atoms. The van der Waals surface area contributed by atoms with Crippen LogP contribution in [0.3, 0.4) is 0 Å². The summed E-state index contributed by atoms with van der Waals surface area (Å²) in [4.78, 5) is 0. The number of piperidine rings is 1. The van der Waals surface area contributed by atoms with Gasteiger partial charge < -0.3 is 10.1 Å². The van der Waals surface area contributed by atoms with Crippen LogP contribution in [0.25, 0.3) is 11.1 Å². The molecule has 1 aliphatic rings. The molecule has 0 atom stereocenters. The van der Waals surface area contributed by atoms with Crippen molar-refractivity contribution >= 4 is 0 Å². The fourth-order valence-electron chi connectivity index (χ4n) is 2.74. The van der Waals surface area contributed by atoms with Crippen LogP contribution in [0, 0.1) is 17.6 Å². The predicted molar refractivity (Wildman–Crippen MR) is 82.9 cm³/mol. The van der Waals surface area contributed by atoms with Crippen molar-refractivity contribution in [1.29, 1.82) is 0 Å². The smallest absolute Gasteiger partial charge is 0.190 e. The number of hydrogen-bond donors (Lipinski definition) is 1. The first-order valence-electron chi connectivity index (χ1n) is 7.62. The number of benzene rings is 2. The lowest BCUT2D eigenvalue weighted by Gasteiger charge is -2.23. The molecule has 22 heavy (non-hydrogen) atoms. The average molecular weight is 303 g/mol. The molecule has 1 aliphatic heterocycles. The van der Waals surface area contributed by atoms with E-state index >= 15 is 0 Å². The van der Waals surface area contributed by atoms with Gasteiger partial charge in [0.2, 0.25) is 0 Å². The molecule has 0 bridgehead atoms. The molecule has 1 N–H and O–H groups in total. The summed E-state index contributed by atoms with van der Waals surface area (Å²) in [5.74, 6) is -1.20. The fourth-order valence-corrected chi connectivity index (χ4v) is 2.74. The highest BCUT2D eigenvalue weighted by Gasteiger charge is 2.18. The Morgan fingerprint density at radius 2 is 1.59 bits per heavy atom. The van der Waals surface area contributed by atoms with Gasteiger partial charge in [-0.15, -0.1) is 0 Å². The molecular formula is C18H19F2NO. The zero-order chi connectivity index (χ0) is 15.4. The third-order valence-electron chi connectivity index (χ3n) is 4.03. The highest BCUT2D eigenvalue weighted by molar-refractivity contribution is 5.64. The largest absolute Gasteiger partial charge is 0.487 e. The summed E-state index contributed by atoms with van der Waals surface area (Å²) in [5.41, 5.74) is 1.30. The molecule has 0 amide bonds. The van der Waals surface area contributed by atoms with Crippen molar-refractivity contribution in [2.24, 2.45) is 5.92 Å². The van der Waals surface area contributed by atoms with E-state index in [1.165, 1.54) is 12.1 Å². The topological polar surface area (TPSA) is 21.3 Å². The number of rotatable bonds is 4. The Hall–Kier alpha value is -1.94. The molecule has 0 radical (unpaired) electrons. The summed E-state index contributed by atoms with van der Waals surface area (Å²) in [6, 6.07) is 11.9. The molecule has 0 aromatic heterocycles. The van der Waals surface area contributed by atoms with E-state index in [-0.39, 0.29) is 5.75 Å². The number of halogens is 2. The Balaban J connectivity index is 1.75. The Bertz CT molecular complexity index is 601. The van der Waals surface area contributed by atoms with Gasteiger partial charge in [0.1, 0.15) is 0 Å². The first-order valence-corrected chi connectivity index (χ1v) is 7.62. The van der Waals surface area contributed by atoms with E-state index in [1.807, 2.05) is 30.3 Å². The molecule has 2 aromatic rings. The van der Waals surface area contributed by atoms with E-state index in [1.54, 1.807) is 0 Å². The van der Waals surface area contributed by atoms with Gasteiger partial charge in [-0.2, -0.15) is 0 Å². The van der Waals surface area contributed by atoms with Gasteiger partial charge in [-0.1, -0.05) is 30.3 Å². The van der Waals surface area contributed by atoms with E-state index in [0.717, 1.165) is 31.5 Å². The molecule has 3 rings (SSSR count). The van der Waals surface area contributed by atoms with Crippen LogP contribution in [-0.4, -0.2) is 19.7 Å². The quantitative estimate of drug-likeness (QED) is 0.921. The Labute approximate surface area is 129 Å². The van der Waals surface area contributed by atoms with Crippen LogP contribution in [0.5, 0.6) is 5.75 Å². The van der Waals surface area contributed by atoms with Gasteiger partial charge in [0.05, 0.1) is 6.61 Å². The molecule has 1 fully saturated rings. The minimum absolute atomic E-state index is 0.266. The standard InChI is InChI=1S/C18H19F2NO/c19-16-10-15(14-4-2-1-3-5-14)11-17(20)18(16)22-12-13-6-8-21-9-7-13/h1-5,10-11,13,21H,6-9,12H2. The number of hydrogen-bond acceptors (Lipinski definition) is 2. The maximum Gasteiger partial charge on any atom is 0.190 e. The van der Waals surface area contributed by atoms with Gasteiger partial charge in [-0.25, -0.2) is 8.78 Å². The van der Waals surface area contributed by atoms with Gasteiger partial charge in [0.15, 0.2) is 17.4 Å². The second kappa shape index (κ2) is 6.88. The first-order chi connectivity index (χ1) is 10.7. The normalized spacial score (nSPS) is 15.7. The summed E-state index contributed by atoms with van der Waals surface area (Å²) >= 11 is 0. The van der Waals surface area contributed by atoms with Gasteiger partial charge in [0, 0.05) is 0 Å². The monoisotopic (exact) mass is 303 g/mol. The number of ether oxygens (including phenoxy) is 1. The van der Waals surface area contributed by atoms with Crippen molar-refractivity contribution in [2.75, 3.05) is 19.7 Å². The molecule has 0 unspecified atom stereocenters. The molecule has 4 heteroatoms. The summed E-state index contributed by atoms with van der Waals surface area (Å²) in [6.07, 6.45) is 1.96. The lowest BCUT2D eigenvalue weighted by atomic mass is 9.99. The third-order valence-corrected chi connectivity index (χ3v) is 4.03. The van der Waals surface area contributed by atoms with Gasteiger partial charge in [0.25, 0.3) is 0 Å². The van der Waals surface area contributed by atoms with E-state index in [9.17, 15) is 8.78 Å². The van der Waals surface area contributed by atoms with Crippen LogP contribution in [-0.2, 0) is 0 Å². The molecule has 116 valence electrons. The highest BCUT2D eigenvalue weighted by atomic mass is 19.1. The minimum Gasteiger partial charge on any atom is -0.487 e. The van der Waals surface area contributed by atoms with Crippen molar-refractivity contribution in [2.45, 2.75) is 12.8 Å². The van der Waals surface area contributed by atoms with Crippen LogP contribution in [0.2, 0.25) is 0 Å². The van der Waals surface area contributed by atoms with Gasteiger partial charge in [-0.05, 0) is 55.1 Å². The Kier molecular flexibility index (Phi) is 4.68. The molecule has 2 nitrogen and oxygen atoms in total. The predicted octanol–water partition coefficient (Wildman–Crippen LogP) is 4.01. The van der Waals surface area contributed by atoms with Gasteiger partial charge >= 0.3 is 0 Å². The Morgan fingerprint density at radius 1 is 0.955 bits per heavy atom. The van der Waals surface area contributed by atoms with Crippen LogP contribution in [0.1, 0.15) is 12.8 Å². The maximum atomic E-state index is 14.2. The summed E-state index contributed by atoms with van der Waals surface area (Å²) in [7, 11) is 0. The Morgan fingerprint density at radius 3 is 2.23 bits per heavy atom. The van der Waals surface area contributed by atoms with E-state index in [4.69, 9.17) is 4.74 Å². The molecule has 0 saturated carbocycles. The van der Waals surface area contributed by atoms with Gasteiger partial charge in [-0.3, -0.25) is 0 Å². The van der Waals surface area contributed by atoms with Crippen molar-refractivity contribution in [1.82, 2.24) is 5.32 Å². The summed E-state index contributed by atoms with van der Waals surface area (Å²) in [6.45, 7) is 2.23. The van der Waals surface area contributed by atoms with Crippen molar-refractivity contribution in [3.8, 4) is 16.9 Å². The first kappa shape index (κ1) is 15.0. The van der Waals surface area contributed by atoms with Crippen LogP contribution in [0.4, 0.5) is 8.78 Å². The molecule has 2 aromatic carbocycles. The number of nitrogens with one attached hydrogen (secondary N) is 1. The summed E-state index contributed by atoms with van der Waals surface area (Å²) < 4.78 is 33.8. The third kappa shape index (κ3) is 3.45. The second-order valence-electron chi connectivity index (χ2n) is 5.64. The van der Waals surface area contributed by atoms with Crippen molar-refractivity contribution < 1.29 is 13.5 Å². The maximum absolute atomic E-state index is 14.2. The zero-order valence-electron chi connectivity index (χ0n) is 12.3. The van der Waals surface area contributed by atoms with E-state index in [0.29, 0.717) is 18.1 Å². The van der Waals surface area contributed by atoms with Crippen molar-refractivity contribution in [3.63, 3.8) is 0 Å². The lowest BCUT2D eigenvalue weighted by molar-refractivity contribution is 0.201. The van der Waals surface area contributed by atoms with E-state index in [2.05, 4.69) is 5.32 Å². The van der Waals surface area contributed by atoms with Crippen molar-refractivity contribution in [3.05, 3.63) is 54.1 Å². The van der Waals surface area contributed by atoms with Crippen LogP contribution in [0.15, 0.2) is 42.5 Å². The summed E-state index contributed by atoms with van der Waals surface area (Å²) in [5, 5.41) is 3.26. The van der Waals surface area contributed by atoms with Crippen LogP contribution < -0.4 is 10.1 Å². The zero-order valence-corrected chi connectivity index (χ0v) is 12.3. The molecule has 1 saturated heterocycles. The molecular weight excluding hydrogens is 284 g/mol.